The Kier molecular flexibility index (Phi) is 8.33. The highest BCUT2D eigenvalue weighted by atomic mass is 16.7. The number of ether oxygens (including phenoxy) is 1. The number of hydrogen-bond donors (Lipinski definition) is 1. The van der Waals surface area contributed by atoms with E-state index in [1.807, 2.05) is 37.3 Å². The minimum atomic E-state index is -1.21. The number of nitrogens with one attached hydrogen (secondary N) is 1. The van der Waals surface area contributed by atoms with Crippen LogP contribution in [-0.4, -0.2) is 40.4 Å². The summed E-state index contributed by atoms with van der Waals surface area (Å²) in [6.45, 7) is 8.68. The molecule has 0 saturated carbocycles. The highest BCUT2D eigenvalue weighted by Gasteiger charge is 2.51. The number of ketones is 1. The van der Waals surface area contributed by atoms with Crippen molar-refractivity contribution in [3.63, 3.8) is 0 Å². The molecule has 0 spiro atoms. The van der Waals surface area contributed by atoms with Crippen molar-refractivity contribution >= 4 is 23.7 Å². The van der Waals surface area contributed by atoms with Crippen molar-refractivity contribution in [3.05, 3.63) is 35.9 Å². The summed E-state index contributed by atoms with van der Waals surface area (Å²) in [5, 5.41) is 3.27. The summed E-state index contributed by atoms with van der Waals surface area (Å²) in [4.78, 5) is 56.4. The molecule has 0 aliphatic carbocycles. The van der Waals surface area contributed by atoms with Crippen molar-refractivity contribution in [2.45, 2.75) is 72.1 Å². The Morgan fingerprint density at radius 3 is 2.35 bits per heavy atom. The highest BCUT2D eigenvalue weighted by molar-refractivity contribution is 6.15. The monoisotopic (exact) mass is 432 g/mol. The molecule has 1 aromatic rings. The van der Waals surface area contributed by atoms with Gasteiger partial charge < -0.3 is 10.1 Å². The van der Waals surface area contributed by atoms with Crippen LogP contribution in [0.25, 0.3) is 0 Å². The Morgan fingerprint density at radius 2 is 1.77 bits per heavy atom. The van der Waals surface area contributed by atoms with Gasteiger partial charge in [0.05, 0.1) is 12.0 Å². The van der Waals surface area contributed by atoms with Gasteiger partial charge in [0.2, 0.25) is 0 Å². The minimum Gasteiger partial charge on any atom is -0.444 e. The molecule has 3 amide bonds. The van der Waals surface area contributed by atoms with Gasteiger partial charge >= 0.3 is 6.09 Å². The number of benzene rings is 1. The van der Waals surface area contributed by atoms with Crippen molar-refractivity contribution in [3.8, 4) is 0 Å². The molecule has 31 heavy (non-hydrogen) atoms. The molecule has 8 nitrogen and oxygen atoms in total. The van der Waals surface area contributed by atoms with E-state index in [0.717, 1.165) is 12.0 Å². The summed E-state index contributed by atoms with van der Waals surface area (Å²) in [5.41, 5.74) is 0.0645. The average Bonchev–Trinajstić information content (AvgIpc) is 2.91. The maximum Gasteiger partial charge on any atom is 0.408 e. The number of unbranched alkanes of at least 4 members (excludes halogenated alkanes) is 1. The fourth-order valence-corrected chi connectivity index (χ4v) is 3.35. The Balaban J connectivity index is 2.12. The fourth-order valence-electron chi connectivity index (χ4n) is 3.35. The maximum atomic E-state index is 13.2. The van der Waals surface area contributed by atoms with Crippen LogP contribution >= 0.6 is 0 Å². The molecular weight excluding hydrogens is 400 g/mol. The molecule has 0 bridgehead atoms. The highest BCUT2D eigenvalue weighted by Crippen LogP contribution is 2.29. The first-order valence-corrected chi connectivity index (χ1v) is 10.6. The molecule has 0 unspecified atom stereocenters. The van der Waals surface area contributed by atoms with E-state index in [0.29, 0.717) is 17.9 Å². The van der Waals surface area contributed by atoms with Crippen molar-refractivity contribution in [1.82, 2.24) is 10.4 Å². The van der Waals surface area contributed by atoms with Crippen LogP contribution in [0.5, 0.6) is 0 Å². The molecular formula is C23H32N2O6. The van der Waals surface area contributed by atoms with E-state index < -0.39 is 47.2 Å². The zero-order valence-electron chi connectivity index (χ0n) is 18.8. The first-order valence-electron chi connectivity index (χ1n) is 10.6. The van der Waals surface area contributed by atoms with Crippen LogP contribution in [0.4, 0.5) is 4.79 Å². The summed E-state index contributed by atoms with van der Waals surface area (Å²) < 4.78 is 5.26. The van der Waals surface area contributed by atoms with E-state index in [-0.39, 0.29) is 6.61 Å². The molecule has 1 saturated heterocycles. The Hall–Kier alpha value is -2.74. The Labute approximate surface area is 183 Å². The number of carbonyl (C=O) groups is 4. The van der Waals surface area contributed by atoms with Crippen LogP contribution in [0.3, 0.4) is 0 Å². The van der Waals surface area contributed by atoms with Crippen LogP contribution in [0, 0.1) is 11.8 Å². The number of nitrogens with zero attached hydrogens (tertiary/aromatic N) is 1. The number of hydroxylamine groups is 2. The Morgan fingerprint density at radius 1 is 1.13 bits per heavy atom. The lowest BCUT2D eigenvalue weighted by molar-refractivity contribution is -0.193. The van der Waals surface area contributed by atoms with Crippen LogP contribution < -0.4 is 5.32 Å². The normalized spacial score (nSPS) is 20.0. The van der Waals surface area contributed by atoms with Gasteiger partial charge in [-0.1, -0.05) is 57.0 Å². The van der Waals surface area contributed by atoms with E-state index in [4.69, 9.17) is 9.57 Å². The summed E-state index contributed by atoms with van der Waals surface area (Å²) in [5.74, 6) is -3.85. The van der Waals surface area contributed by atoms with Gasteiger partial charge in [-0.15, -0.1) is 0 Å². The first-order chi connectivity index (χ1) is 14.5. The molecule has 1 fully saturated rings. The third kappa shape index (κ3) is 6.62. The summed E-state index contributed by atoms with van der Waals surface area (Å²) in [6.07, 6.45) is 1.09. The van der Waals surface area contributed by atoms with Crippen molar-refractivity contribution < 1.29 is 28.8 Å². The third-order valence-corrected chi connectivity index (χ3v) is 4.95. The molecule has 1 heterocycles. The number of alkyl carbamates (subject to hydrolysis) is 1. The maximum absolute atomic E-state index is 13.2. The zero-order valence-corrected chi connectivity index (χ0v) is 18.8. The molecule has 170 valence electrons. The van der Waals surface area contributed by atoms with E-state index >= 15 is 0 Å². The zero-order chi connectivity index (χ0) is 23.2. The van der Waals surface area contributed by atoms with Gasteiger partial charge in [0.25, 0.3) is 11.8 Å². The van der Waals surface area contributed by atoms with Gasteiger partial charge in [-0.2, -0.15) is 5.06 Å². The quantitative estimate of drug-likeness (QED) is 0.474. The van der Waals surface area contributed by atoms with Crippen LogP contribution in [0.15, 0.2) is 30.3 Å². The van der Waals surface area contributed by atoms with Gasteiger partial charge in [0, 0.05) is 0 Å². The summed E-state index contributed by atoms with van der Waals surface area (Å²) in [7, 11) is 0. The van der Waals surface area contributed by atoms with E-state index in [2.05, 4.69) is 5.32 Å². The van der Waals surface area contributed by atoms with Gasteiger partial charge in [0.1, 0.15) is 18.1 Å². The second-order valence-electron chi connectivity index (χ2n) is 8.74. The lowest BCUT2D eigenvalue weighted by atomic mass is 9.87. The van der Waals surface area contributed by atoms with Crippen molar-refractivity contribution in [1.29, 1.82) is 0 Å². The summed E-state index contributed by atoms with van der Waals surface area (Å²) in [6, 6.07) is 8.18. The third-order valence-electron chi connectivity index (χ3n) is 4.95. The molecule has 3 atom stereocenters. The average molecular weight is 433 g/mol. The molecule has 2 rings (SSSR count). The van der Waals surface area contributed by atoms with Crippen LogP contribution in [-0.2, 0) is 30.6 Å². The number of rotatable bonds is 9. The first kappa shape index (κ1) is 24.5. The van der Waals surface area contributed by atoms with E-state index in [1.54, 1.807) is 20.8 Å². The molecule has 1 N–H and O–H groups in total. The molecule has 1 aliphatic rings. The second-order valence-corrected chi connectivity index (χ2v) is 8.74. The lowest BCUT2D eigenvalue weighted by Crippen LogP contribution is -2.47. The van der Waals surface area contributed by atoms with Gasteiger partial charge in [-0.3, -0.25) is 19.2 Å². The lowest BCUT2D eigenvalue weighted by Gasteiger charge is -2.24. The van der Waals surface area contributed by atoms with Gasteiger partial charge in [0.15, 0.2) is 5.78 Å². The molecule has 8 heteroatoms. The number of Topliss-reactive ketones (excluding diaryl/α,β-unsaturated/α-hetero) is 1. The van der Waals surface area contributed by atoms with Crippen molar-refractivity contribution in [2.24, 2.45) is 11.8 Å². The standard InChI is InChI=1S/C23H32N2O6/c1-6-7-13-17(24-22(29)31-23(3,4)5)19(26)18-15(2)20(27)25(21(18)28)30-14-16-11-9-8-10-12-16/h8-12,15,17-18H,6-7,13-14H2,1-5H3,(H,24,29)/t15-,17-,18+/m0/s1. The van der Waals surface area contributed by atoms with Crippen molar-refractivity contribution in [2.75, 3.05) is 0 Å². The van der Waals surface area contributed by atoms with Gasteiger partial charge in [-0.25, -0.2) is 4.79 Å². The Bertz CT molecular complexity index is 802. The molecule has 0 aromatic heterocycles. The number of carbonyl (C=O) groups excluding carboxylic acids is 4. The second kappa shape index (κ2) is 10.5. The summed E-state index contributed by atoms with van der Waals surface area (Å²) >= 11 is 0. The predicted octanol–water partition coefficient (Wildman–Crippen LogP) is 3.39. The predicted molar refractivity (Wildman–Crippen MR) is 113 cm³/mol. The molecule has 1 aromatic carbocycles. The minimum absolute atomic E-state index is 0.0291. The van der Waals surface area contributed by atoms with Crippen LogP contribution in [0.2, 0.25) is 0 Å². The molecule has 0 radical (unpaired) electrons. The van der Waals surface area contributed by atoms with Gasteiger partial charge in [-0.05, 0) is 32.8 Å². The van der Waals surface area contributed by atoms with E-state index in [1.165, 1.54) is 6.92 Å². The number of amides is 3. The largest absolute Gasteiger partial charge is 0.444 e. The number of imide groups is 1. The topological polar surface area (TPSA) is 102 Å². The van der Waals surface area contributed by atoms with E-state index in [9.17, 15) is 19.2 Å². The fraction of sp³-hybridized carbons (Fsp3) is 0.565. The SMILES string of the molecule is CCCC[C@H](NC(=O)OC(C)(C)C)C(=O)[C@@H]1C(=O)N(OCc2ccccc2)C(=O)[C@H]1C. The van der Waals surface area contributed by atoms with Crippen LogP contribution in [0.1, 0.15) is 59.4 Å². The molecule has 1 aliphatic heterocycles. The smallest absolute Gasteiger partial charge is 0.408 e. The number of hydrogen-bond acceptors (Lipinski definition) is 6.